The molecule has 29 nitrogen and oxygen atoms in total. The lowest BCUT2D eigenvalue weighted by molar-refractivity contribution is -0.384. The van der Waals surface area contributed by atoms with Crippen molar-refractivity contribution in [2.24, 2.45) is 0 Å². The molecule has 0 aliphatic rings. The van der Waals surface area contributed by atoms with Gasteiger partial charge in [-0.15, -0.1) is 0 Å². The number of rotatable bonds is 16. The maximum atomic E-state index is 13.1. The van der Waals surface area contributed by atoms with Crippen molar-refractivity contribution in [3.8, 4) is 81.0 Å². The molecule has 11 N–H and O–H groups in total. The Bertz CT molecular complexity index is 4800. The number of nitrogens with zero attached hydrogens (tertiary/aromatic N) is 11. The molecule has 43 heteroatoms. The van der Waals surface area contributed by atoms with E-state index >= 15 is 0 Å². The summed E-state index contributed by atoms with van der Waals surface area (Å²) in [6.45, 7) is 7.10. The smallest absolute Gasteiger partial charge is 0.488 e. The molecule has 9 rings (SSSR count). The van der Waals surface area contributed by atoms with Crippen LogP contribution in [0.3, 0.4) is 0 Å². The fourth-order valence-electron chi connectivity index (χ4n) is 8.68. The Labute approximate surface area is 602 Å². The minimum Gasteiger partial charge on any atom is -0.496 e. The first-order chi connectivity index (χ1) is 50.2. The Kier molecular flexibility index (Phi) is 31.0. The van der Waals surface area contributed by atoms with Gasteiger partial charge in [0, 0.05) is 42.6 Å². The lowest BCUT2D eigenvalue weighted by Crippen LogP contribution is -2.30. The van der Waals surface area contributed by atoms with Crippen molar-refractivity contribution in [2.45, 2.75) is 52.0 Å². The Morgan fingerprint density at radius 2 is 0.841 bits per heavy atom. The number of nitrogens with two attached hydrogens (primary N) is 4. The highest BCUT2D eigenvalue weighted by atomic mass is 35.5. The second-order valence-electron chi connectivity index (χ2n) is 20.2. The van der Waals surface area contributed by atoms with Crippen molar-refractivity contribution in [3.05, 3.63) is 174 Å². The molecule has 4 aromatic carbocycles. The second kappa shape index (κ2) is 38.3. The van der Waals surface area contributed by atoms with E-state index in [2.05, 4.69) is 39.4 Å². The van der Waals surface area contributed by atoms with Gasteiger partial charge in [0.1, 0.15) is 69.3 Å². The van der Waals surface area contributed by atoms with Crippen molar-refractivity contribution >= 4 is 69.3 Å². The largest absolute Gasteiger partial charge is 0.496 e. The van der Waals surface area contributed by atoms with Crippen molar-refractivity contribution in [1.29, 1.82) is 21.0 Å². The fraction of sp³-hybridized carbons (Fsp3) is 0.234. The molecular weight excluding hydrogens is 1480 g/mol. The molecular formula is C64H56BClF12N16O13. The van der Waals surface area contributed by atoms with Crippen LogP contribution < -0.4 is 47.3 Å². The highest BCUT2D eigenvalue weighted by Gasteiger charge is 2.38. The number of anilines is 4. The van der Waals surface area contributed by atoms with Gasteiger partial charge in [-0.05, 0) is 111 Å². The zero-order valence-corrected chi connectivity index (χ0v) is 56.9. The molecule has 0 spiro atoms. The van der Waals surface area contributed by atoms with Gasteiger partial charge in [0.25, 0.3) is 6.48 Å². The molecule has 0 radical (unpaired) electrons. The molecule has 9 aromatic rings. The number of hydrogen-bond acceptors (Lipinski definition) is 26. The van der Waals surface area contributed by atoms with Gasteiger partial charge < -0.3 is 71.1 Å². The Balaban J connectivity index is 0.000000278. The molecule has 5 aromatic heterocycles. The maximum Gasteiger partial charge on any atom is 0.488 e. The molecule has 5 heterocycles. The Hall–Kier alpha value is -12.6. The number of hydrogen-bond donors (Lipinski definition) is 7. The lowest BCUT2D eigenvalue weighted by atomic mass is 9.79. The van der Waals surface area contributed by atoms with E-state index in [0.29, 0.717) is 36.9 Å². The Morgan fingerprint density at radius 3 is 1.20 bits per heavy atom. The molecule has 107 heavy (non-hydrogen) atoms. The highest BCUT2D eigenvalue weighted by molar-refractivity contribution is 6.58. The number of alkyl halides is 12. The second-order valence-corrected chi connectivity index (χ2v) is 20.6. The fourth-order valence-corrected chi connectivity index (χ4v) is 8.88. The monoisotopic (exact) mass is 1530 g/mol. The number of aromatic nitrogens is 6. The summed E-state index contributed by atoms with van der Waals surface area (Å²) < 4.78 is 189. The molecule has 0 fully saturated rings. The summed E-state index contributed by atoms with van der Waals surface area (Å²) in [4.78, 5) is 41.6. The van der Waals surface area contributed by atoms with E-state index in [1.54, 1.807) is 18.2 Å². The third-order valence-electron chi connectivity index (χ3n) is 13.4. The van der Waals surface area contributed by atoms with Gasteiger partial charge in [0.15, 0.2) is 11.4 Å². The number of imidazole rings is 1. The SMILES string of the molecule is CCOC(OCC)OCC.COc1ccc(-c2cc(N)c(N)c(C#N)n2)cc1C(F)(F)F.COc1ccc(-c2cc(N)c([N+](=O)[O-])c(C#N)n2)cc1C(F)(F)F.COc1ccc(-c2cc3[nH]cnc3c(C#N)n2)cc1C(F)(F)F.COc1ccc(B(O)O)cc1C(F)(F)F.N#Cc1nc(Cl)cc(N)c1[N+](=O)[O-]. The quantitative estimate of drug-likeness (QED) is 0.0118. The molecule has 0 amide bonds. The number of H-pyrrole nitrogens is 1. The minimum absolute atomic E-state index is 0.00388. The zero-order chi connectivity index (χ0) is 80.6. The van der Waals surface area contributed by atoms with Crippen LogP contribution in [0.1, 0.15) is 65.8 Å². The average Bonchev–Trinajstić information content (AvgIpc) is 1.76. The topological polar surface area (TPSA) is 471 Å². The molecule has 0 bridgehead atoms. The zero-order valence-electron chi connectivity index (χ0n) is 56.1. The number of halogens is 13. The first-order valence-electron chi connectivity index (χ1n) is 29.5. The molecule has 564 valence electrons. The summed E-state index contributed by atoms with van der Waals surface area (Å²) in [7, 11) is 2.60. The minimum atomic E-state index is -4.67. The summed E-state index contributed by atoms with van der Waals surface area (Å²) >= 11 is 5.44. The number of aromatic amines is 1. The average molecular weight is 1530 g/mol. The normalized spacial score (nSPS) is 10.9. The van der Waals surface area contributed by atoms with Crippen molar-refractivity contribution in [3.63, 3.8) is 0 Å². The van der Waals surface area contributed by atoms with Gasteiger partial charge in [-0.25, -0.2) is 24.9 Å². The molecule has 0 atom stereocenters. The van der Waals surface area contributed by atoms with E-state index in [1.807, 2.05) is 26.8 Å². The number of nitrogen functional groups attached to an aromatic ring is 4. The summed E-state index contributed by atoms with van der Waals surface area (Å²) in [5.41, 5.74) is 16.7. The van der Waals surface area contributed by atoms with Crippen molar-refractivity contribution in [2.75, 3.05) is 71.2 Å². The van der Waals surface area contributed by atoms with Crippen LogP contribution in [0.25, 0.3) is 44.8 Å². The summed E-state index contributed by atoms with van der Waals surface area (Å²) in [6, 6.07) is 24.8. The summed E-state index contributed by atoms with van der Waals surface area (Å²) in [6.07, 6.45) is -17.0. The van der Waals surface area contributed by atoms with E-state index in [1.165, 1.54) is 55.9 Å². The van der Waals surface area contributed by atoms with Crippen LogP contribution in [0.15, 0.2) is 103 Å². The number of nitriles is 4. The van der Waals surface area contributed by atoms with E-state index < -0.39 is 87.5 Å². The van der Waals surface area contributed by atoms with Crippen LogP contribution in [0, 0.1) is 65.6 Å². The molecule has 0 aliphatic heterocycles. The number of nitro groups is 2. The van der Waals surface area contributed by atoms with Gasteiger partial charge in [-0.3, -0.25) is 20.2 Å². The van der Waals surface area contributed by atoms with Gasteiger partial charge in [0.2, 0.25) is 11.4 Å². The lowest BCUT2D eigenvalue weighted by Gasteiger charge is -2.15. The standard InChI is InChI=1S/C15H9F3N4O.C14H9F3N4O3.C14H11F3N4O.C8H8BF3O3.C7H16O3.C6H3ClN4O2/c1-23-13-3-2-8(4-9(13)15(16,17)18)10-5-11-14(21-7-20-11)12(6-19)22-10;1-24-12-3-2-7(4-8(12)14(15,16)17)10-5-9(19)13(21(22)23)11(6-18)20-10;1-22-12-3-2-7(4-8(12)14(15,16)17)10-5-9(19)13(20)11(6-18)21-10;1-15-7-3-2-5(9(13)14)4-6(7)8(10,11)12;1-4-8-7(9-5-2)10-6-3;7-5-1-3(9)6(11(12)13)4(2-8)10-5/h2-5,7H,1H3,(H,20,21);2-5H,1H3,(H2,19,20);2-5H,20H2,1H3,(H2,19,21);2-4,13-14H,1H3;7H,4-6H2,1-3H3;1H,(H2,9,10). The third-order valence-corrected chi connectivity index (χ3v) is 13.6. The van der Waals surface area contributed by atoms with Crippen molar-refractivity contribution < 1.29 is 106 Å². The van der Waals surface area contributed by atoms with Gasteiger partial charge in [-0.1, -0.05) is 17.7 Å². The first-order valence-corrected chi connectivity index (χ1v) is 29.8. The van der Waals surface area contributed by atoms with E-state index in [-0.39, 0.29) is 107 Å². The number of fused-ring (bicyclic) bond motifs is 1. The summed E-state index contributed by atoms with van der Waals surface area (Å²) in [5, 5.41) is 74.2. The van der Waals surface area contributed by atoms with Crippen molar-refractivity contribution in [1.82, 2.24) is 29.9 Å². The van der Waals surface area contributed by atoms with Gasteiger partial charge >= 0.3 is 43.2 Å². The van der Waals surface area contributed by atoms with Crippen LogP contribution in [0.5, 0.6) is 23.0 Å². The number of nitrogens with one attached hydrogen (secondary N) is 1. The molecule has 0 saturated heterocycles. The number of pyridine rings is 4. The van der Waals surface area contributed by atoms with Crippen LogP contribution in [-0.4, -0.2) is 112 Å². The van der Waals surface area contributed by atoms with Crippen LogP contribution >= 0.6 is 11.6 Å². The van der Waals surface area contributed by atoms with Crippen LogP contribution in [-0.2, 0) is 38.9 Å². The van der Waals surface area contributed by atoms with Crippen LogP contribution in [0.2, 0.25) is 5.15 Å². The van der Waals surface area contributed by atoms with E-state index in [4.69, 9.17) is 89.3 Å². The maximum absolute atomic E-state index is 13.1. The predicted molar refractivity (Wildman–Crippen MR) is 359 cm³/mol. The highest BCUT2D eigenvalue weighted by Crippen LogP contribution is 2.43. The van der Waals surface area contributed by atoms with E-state index in [9.17, 15) is 72.9 Å². The number of benzene rings is 4. The van der Waals surface area contributed by atoms with E-state index in [0.717, 1.165) is 69.9 Å². The Morgan fingerprint density at radius 1 is 0.505 bits per heavy atom. The molecule has 0 unspecified atom stereocenters. The van der Waals surface area contributed by atoms with Gasteiger partial charge in [-0.2, -0.15) is 73.7 Å². The first kappa shape index (κ1) is 86.8. The number of methoxy groups -OCH3 is 4. The summed E-state index contributed by atoms with van der Waals surface area (Å²) in [5.74, 6) is -1.32. The van der Waals surface area contributed by atoms with Gasteiger partial charge in [0.05, 0.1) is 101 Å². The van der Waals surface area contributed by atoms with Crippen LogP contribution in [0.4, 0.5) is 86.8 Å². The predicted octanol–water partition coefficient (Wildman–Crippen LogP) is 12.3. The number of ether oxygens (including phenoxy) is 7. The molecule has 0 aliphatic carbocycles. The third kappa shape index (κ3) is 23.5. The molecule has 0 saturated carbocycles.